The van der Waals surface area contributed by atoms with E-state index in [1.807, 2.05) is 6.08 Å². The molecule has 28 heavy (non-hydrogen) atoms. The van der Waals surface area contributed by atoms with Crippen LogP contribution in [0.2, 0.25) is 0 Å². The van der Waals surface area contributed by atoms with E-state index >= 15 is 0 Å². The lowest BCUT2D eigenvalue weighted by Gasteiger charge is -2.42. The molecule has 0 bridgehead atoms. The maximum absolute atomic E-state index is 12.6. The van der Waals surface area contributed by atoms with Gasteiger partial charge in [-0.1, -0.05) is 31.6 Å². The van der Waals surface area contributed by atoms with Crippen molar-refractivity contribution in [1.29, 1.82) is 0 Å². The number of allylic oxidation sites excluding steroid dienone is 4. The normalized spacial score (nSPS) is 43.2. The van der Waals surface area contributed by atoms with Crippen molar-refractivity contribution in [2.75, 3.05) is 0 Å². The lowest BCUT2D eigenvalue weighted by molar-refractivity contribution is -0.121. The molecule has 3 unspecified atom stereocenters. The van der Waals surface area contributed by atoms with E-state index in [2.05, 4.69) is 33.8 Å². The van der Waals surface area contributed by atoms with Gasteiger partial charge < -0.3 is 5.11 Å². The fourth-order valence-corrected chi connectivity index (χ4v) is 6.59. The molecule has 7 atom stereocenters. The lowest BCUT2D eigenvalue weighted by atomic mass is 9.62. The molecule has 0 aromatic heterocycles. The Labute approximate surface area is 170 Å². The van der Waals surface area contributed by atoms with Gasteiger partial charge in [-0.25, -0.2) is 0 Å². The Balaban J connectivity index is 1.87. The van der Waals surface area contributed by atoms with E-state index in [1.54, 1.807) is 6.92 Å². The monoisotopic (exact) mass is 386 g/mol. The molecule has 3 nitrogen and oxygen atoms in total. The Bertz CT molecular complexity index is 682. The zero-order valence-electron chi connectivity index (χ0n) is 18.3. The number of aldehydes is 1. The zero-order valence-corrected chi connectivity index (χ0v) is 18.3. The number of aliphatic hydroxyl groups is 1. The zero-order chi connectivity index (χ0) is 20.7. The summed E-state index contributed by atoms with van der Waals surface area (Å²) in [5.41, 5.74) is 1.14. The maximum Gasteiger partial charge on any atom is 0.146 e. The van der Waals surface area contributed by atoms with Crippen LogP contribution in [-0.4, -0.2) is 22.8 Å². The van der Waals surface area contributed by atoms with Gasteiger partial charge in [0.05, 0.1) is 11.5 Å². The number of ketones is 1. The molecule has 156 valence electrons. The minimum atomic E-state index is -0.998. The summed E-state index contributed by atoms with van der Waals surface area (Å²) < 4.78 is 0. The Morgan fingerprint density at radius 3 is 2.68 bits per heavy atom. The largest absolute Gasteiger partial charge is 0.389 e. The van der Waals surface area contributed by atoms with Gasteiger partial charge in [-0.3, -0.25) is 9.59 Å². The van der Waals surface area contributed by atoms with E-state index in [-0.39, 0.29) is 23.5 Å². The van der Waals surface area contributed by atoms with Crippen molar-refractivity contribution in [3.8, 4) is 0 Å². The molecule has 3 aliphatic carbocycles. The minimum absolute atomic E-state index is 0.0417. The Morgan fingerprint density at radius 1 is 1.32 bits per heavy atom. The lowest BCUT2D eigenvalue weighted by Crippen LogP contribution is -2.40. The van der Waals surface area contributed by atoms with Crippen LogP contribution >= 0.6 is 0 Å². The minimum Gasteiger partial charge on any atom is -0.389 e. The van der Waals surface area contributed by atoms with Crippen molar-refractivity contribution >= 4 is 12.1 Å². The maximum atomic E-state index is 12.6. The summed E-state index contributed by atoms with van der Waals surface area (Å²) >= 11 is 0. The summed E-state index contributed by atoms with van der Waals surface area (Å²) in [6, 6.07) is 0. The Morgan fingerprint density at radius 2 is 2.04 bits per heavy atom. The number of hydrogen-bond acceptors (Lipinski definition) is 3. The van der Waals surface area contributed by atoms with Crippen molar-refractivity contribution in [3.63, 3.8) is 0 Å². The van der Waals surface area contributed by atoms with Crippen LogP contribution in [0.5, 0.6) is 0 Å². The van der Waals surface area contributed by atoms with Crippen LogP contribution in [-0.2, 0) is 9.59 Å². The van der Waals surface area contributed by atoms with Crippen LogP contribution in [0.25, 0.3) is 0 Å². The summed E-state index contributed by atoms with van der Waals surface area (Å²) in [5, 5.41) is 11.0. The first-order chi connectivity index (χ1) is 13.1. The number of carbonyl (C=O) groups is 2. The van der Waals surface area contributed by atoms with E-state index in [1.165, 1.54) is 18.4 Å². The van der Waals surface area contributed by atoms with Gasteiger partial charge in [0.25, 0.3) is 0 Å². The smallest absolute Gasteiger partial charge is 0.146 e. The first-order valence-corrected chi connectivity index (χ1v) is 11.1. The van der Waals surface area contributed by atoms with Gasteiger partial charge in [-0.15, -0.1) is 0 Å². The van der Waals surface area contributed by atoms with Crippen molar-refractivity contribution < 1.29 is 14.7 Å². The molecule has 3 rings (SSSR count). The molecule has 0 aromatic carbocycles. The number of hydrogen-bond donors (Lipinski definition) is 1. The first kappa shape index (κ1) is 21.5. The number of fused-ring (bicyclic) bond motifs is 2. The molecule has 1 N–H and O–H groups in total. The standard InChI is InChI=1S/C25H38O3/c1-16(2)7-6-8-17(3)19-11-12-24(4)13-21-23(22(27)14-25(21,5)28)18(15-26)9-10-20(19)24/h7,9,15,17,19-21,23,28H,6,8,10-14H2,1-5H3/b18-9-/t17-,19?,20?,21-,23?,24+,25+/m0/s1. The van der Waals surface area contributed by atoms with Crippen molar-refractivity contribution in [2.24, 2.45) is 35.0 Å². The molecule has 3 aliphatic rings. The third kappa shape index (κ3) is 3.92. The topological polar surface area (TPSA) is 54.4 Å². The third-order valence-electron chi connectivity index (χ3n) is 8.24. The molecule has 0 radical (unpaired) electrons. The van der Waals surface area contributed by atoms with Crippen LogP contribution < -0.4 is 0 Å². The molecule has 0 spiro atoms. The number of Topliss-reactive ketones (excluding diaryl/α,β-unsaturated/α-hetero) is 1. The first-order valence-electron chi connectivity index (χ1n) is 11.1. The second-order valence-electron chi connectivity index (χ2n) is 10.6. The average molecular weight is 387 g/mol. The number of rotatable bonds is 5. The third-order valence-corrected chi connectivity index (χ3v) is 8.24. The predicted molar refractivity (Wildman–Crippen MR) is 113 cm³/mol. The van der Waals surface area contributed by atoms with Crippen LogP contribution in [0.1, 0.15) is 79.6 Å². The van der Waals surface area contributed by atoms with Crippen molar-refractivity contribution in [3.05, 3.63) is 23.3 Å². The molecular formula is C25H38O3. The van der Waals surface area contributed by atoms with Crippen LogP contribution in [0, 0.1) is 35.0 Å². The van der Waals surface area contributed by atoms with Gasteiger partial charge in [-0.05, 0) is 88.0 Å². The second kappa shape index (κ2) is 7.89. The highest BCUT2D eigenvalue weighted by Gasteiger charge is 2.56. The highest BCUT2D eigenvalue weighted by Crippen LogP contribution is 2.59. The summed E-state index contributed by atoms with van der Waals surface area (Å²) in [4.78, 5) is 24.4. The fourth-order valence-electron chi connectivity index (χ4n) is 6.59. The molecular weight excluding hydrogens is 348 g/mol. The summed E-state index contributed by atoms with van der Waals surface area (Å²) in [6.07, 6.45) is 11.9. The van der Waals surface area contributed by atoms with E-state index in [0.29, 0.717) is 23.3 Å². The van der Waals surface area contributed by atoms with E-state index in [9.17, 15) is 14.7 Å². The van der Waals surface area contributed by atoms with Gasteiger partial charge in [0.1, 0.15) is 12.1 Å². The predicted octanol–water partition coefficient (Wildman–Crippen LogP) is 5.28. The summed E-state index contributed by atoms with van der Waals surface area (Å²) in [6.45, 7) is 10.9. The van der Waals surface area contributed by atoms with Gasteiger partial charge >= 0.3 is 0 Å². The molecule has 0 heterocycles. The molecule has 2 saturated carbocycles. The summed E-state index contributed by atoms with van der Waals surface area (Å²) in [7, 11) is 0. The van der Waals surface area contributed by atoms with Gasteiger partial charge in [0.2, 0.25) is 0 Å². The molecule has 3 heteroatoms. The molecule has 2 fully saturated rings. The Kier molecular flexibility index (Phi) is 6.06. The quantitative estimate of drug-likeness (QED) is 0.517. The average Bonchev–Trinajstić information content (AvgIpc) is 3.01. The van der Waals surface area contributed by atoms with Crippen LogP contribution in [0.4, 0.5) is 0 Å². The molecule has 0 saturated heterocycles. The molecule has 0 aromatic rings. The van der Waals surface area contributed by atoms with E-state index < -0.39 is 11.5 Å². The fraction of sp³-hybridized carbons (Fsp3) is 0.760. The van der Waals surface area contributed by atoms with Gasteiger partial charge in [0.15, 0.2) is 0 Å². The van der Waals surface area contributed by atoms with Crippen molar-refractivity contribution in [1.82, 2.24) is 0 Å². The second-order valence-corrected chi connectivity index (χ2v) is 10.6. The van der Waals surface area contributed by atoms with E-state index in [0.717, 1.165) is 32.0 Å². The molecule has 0 amide bonds. The van der Waals surface area contributed by atoms with Gasteiger partial charge in [0, 0.05) is 12.3 Å². The van der Waals surface area contributed by atoms with Crippen LogP contribution in [0.3, 0.4) is 0 Å². The highest BCUT2D eigenvalue weighted by molar-refractivity contribution is 5.94. The summed E-state index contributed by atoms with van der Waals surface area (Å²) in [5.74, 6) is 1.33. The highest BCUT2D eigenvalue weighted by atomic mass is 16.3. The number of carbonyl (C=O) groups excluding carboxylic acids is 2. The SMILES string of the molecule is CC(C)=CCC[C@H](C)C1CC[C@]2(C)C[C@H]3C(C(=O)C[C@@]3(C)O)/C(C=O)=C\CC12. The Hall–Kier alpha value is -1.22. The van der Waals surface area contributed by atoms with Crippen LogP contribution in [0.15, 0.2) is 23.3 Å². The van der Waals surface area contributed by atoms with E-state index in [4.69, 9.17) is 0 Å². The molecule has 0 aliphatic heterocycles. The van der Waals surface area contributed by atoms with Crippen molar-refractivity contribution in [2.45, 2.75) is 85.2 Å². The van der Waals surface area contributed by atoms with Gasteiger partial charge in [-0.2, -0.15) is 0 Å².